The molecule has 3 nitrogen and oxygen atoms in total. The van der Waals surface area contributed by atoms with Crippen LogP contribution in [-0.4, -0.2) is 50.3 Å². The lowest BCUT2D eigenvalue weighted by atomic mass is 9.94. The summed E-state index contributed by atoms with van der Waals surface area (Å²) in [6.07, 6.45) is 2.92. The number of nitrogens with one attached hydrogen (secondary N) is 1. The molecule has 3 atom stereocenters. The lowest BCUT2D eigenvalue weighted by Crippen LogP contribution is -2.48. The van der Waals surface area contributed by atoms with Crippen molar-refractivity contribution >= 4 is 0 Å². The van der Waals surface area contributed by atoms with Crippen molar-refractivity contribution in [2.45, 2.75) is 52.7 Å². The van der Waals surface area contributed by atoms with Gasteiger partial charge in [-0.2, -0.15) is 0 Å². The SMILES string of the molecule is COC1CN(C(C)CCNCC(C)C)CCC1C. The first-order chi connectivity index (χ1) is 8.54. The average molecular weight is 256 g/mol. The summed E-state index contributed by atoms with van der Waals surface area (Å²) in [7, 11) is 1.85. The molecule has 1 fully saturated rings. The maximum atomic E-state index is 5.58. The van der Waals surface area contributed by atoms with E-state index < -0.39 is 0 Å². The Kier molecular flexibility index (Phi) is 7.20. The number of methoxy groups -OCH3 is 1. The molecule has 1 aliphatic heterocycles. The zero-order valence-corrected chi connectivity index (χ0v) is 12.9. The normalized spacial score (nSPS) is 27.7. The third-order valence-electron chi connectivity index (χ3n) is 4.14. The molecule has 0 saturated carbocycles. The lowest BCUT2D eigenvalue weighted by Gasteiger charge is -2.39. The van der Waals surface area contributed by atoms with Crippen LogP contribution in [0.2, 0.25) is 0 Å². The summed E-state index contributed by atoms with van der Waals surface area (Å²) in [4.78, 5) is 2.59. The van der Waals surface area contributed by atoms with Gasteiger partial charge in [-0.05, 0) is 51.2 Å². The minimum atomic E-state index is 0.421. The third kappa shape index (κ3) is 5.25. The highest BCUT2D eigenvalue weighted by Crippen LogP contribution is 2.21. The smallest absolute Gasteiger partial charge is 0.0724 e. The van der Waals surface area contributed by atoms with E-state index in [0.29, 0.717) is 18.1 Å². The van der Waals surface area contributed by atoms with Crippen LogP contribution in [0, 0.1) is 11.8 Å². The van der Waals surface area contributed by atoms with Crippen molar-refractivity contribution in [1.29, 1.82) is 0 Å². The van der Waals surface area contributed by atoms with E-state index in [1.807, 2.05) is 7.11 Å². The number of likely N-dealkylation sites (tertiary alicyclic amines) is 1. The molecular formula is C15H32N2O. The van der Waals surface area contributed by atoms with Crippen LogP contribution in [0.25, 0.3) is 0 Å². The van der Waals surface area contributed by atoms with Crippen molar-refractivity contribution in [3.05, 3.63) is 0 Å². The van der Waals surface area contributed by atoms with Gasteiger partial charge in [-0.3, -0.25) is 4.90 Å². The second kappa shape index (κ2) is 8.13. The number of rotatable bonds is 7. The molecular weight excluding hydrogens is 224 g/mol. The molecule has 3 heteroatoms. The molecule has 1 rings (SSSR count). The Balaban J connectivity index is 2.23. The van der Waals surface area contributed by atoms with Crippen LogP contribution in [0.3, 0.4) is 0 Å². The Bertz CT molecular complexity index is 221. The fraction of sp³-hybridized carbons (Fsp3) is 1.00. The molecule has 1 heterocycles. The first-order valence-electron chi connectivity index (χ1n) is 7.52. The third-order valence-corrected chi connectivity index (χ3v) is 4.14. The minimum Gasteiger partial charge on any atom is -0.380 e. The van der Waals surface area contributed by atoms with E-state index in [1.165, 1.54) is 19.4 Å². The summed E-state index contributed by atoms with van der Waals surface area (Å²) in [5.41, 5.74) is 0. The topological polar surface area (TPSA) is 24.5 Å². The maximum Gasteiger partial charge on any atom is 0.0724 e. The summed E-state index contributed by atoms with van der Waals surface area (Å²) in [6, 6.07) is 0.662. The standard InChI is InChI=1S/C15H32N2O/c1-12(2)10-16-8-6-14(4)17-9-7-13(3)15(11-17)18-5/h12-16H,6-11H2,1-5H3. The quantitative estimate of drug-likeness (QED) is 0.708. The van der Waals surface area contributed by atoms with Gasteiger partial charge in [-0.25, -0.2) is 0 Å². The Morgan fingerprint density at radius 1 is 1.33 bits per heavy atom. The van der Waals surface area contributed by atoms with Gasteiger partial charge in [0.1, 0.15) is 0 Å². The van der Waals surface area contributed by atoms with E-state index in [0.717, 1.165) is 25.6 Å². The lowest BCUT2D eigenvalue weighted by molar-refractivity contribution is -0.0175. The van der Waals surface area contributed by atoms with Gasteiger partial charge in [0.25, 0.3) is 0 Å². The van der Waals surface area contributed by atoms with Crippen LogP contribution in [0.15, 0.2) is 0 Å². The van der Waals surface area contributed by atoms with Gasteiger partial charge in [0.05, 0.1) is 6.10 Å². The molecule has 0 amide bonds. The predicted molar refractivity (Wildman–Crippen MR) is 77.9 cm³/mol. The first kappa shape index (κ1) is 15.9. The van der Waals surface area contributed by atoms with Gasteiger partial charge in [0, 0.05) is 19.7 Å². The van der Waals surface area contributed by atoms with Crippen LogP contribution in [0.4, 0.5) is 0 Å². The highest BCUT2D eigenvalue weighted by molar-refractivity contribution is 4.81. The van der Waals surface area contributed by atoms with E-state index >= 15 is 0 Å². The Hall–Kier alpha value is -0.120. The molecule has 0 aromatic carbocycles. The van der Waals surface area contributed by atoms with Crippen molar-refractivity contribution in [3.63, 3.8) is 0 Å². The van der Waals surface area contributed by atoms with Gasteiger partial charge in [0.2, 0.25) is 0 Å². The van der Waals surface area contributed by atoms with Crippen LogP contribution in [0.5, 0.6) is 0 Å². The number of piperidine rings is 1. The zero-order chi connectivity index (χ0) is 13.5. The molecule has 1 saturated heterocycles. The molecule has 1 N–H and O–H groups in total. The predicted octanol–water partition coefficient (Wildman–Crippen LogP) is 2.37. The second-order valence-electron chi connectivity index (χ2n) is 6.27. The summed E-state index contributed by atoms with van der Waals surface area (Å²) in [5, 5.41) is 3.53. The zero-order valence-electron chi connectivity index (χ0n) is 12.9. The molecule has 108 valence electrons. The molecule has 0 spiro atoms. The molecule has 3 unspecified atom stereocenters. The van der Waals surface area contributed by atoms with Gasteiger partial charge >= 0.3 is 0 Å². The summed E-state index contributed by atoms with van der Waals surface area (Å²) in [5.74, 6) is 1.45. The average Bonchev–Trinajstić information content (AvgIpc) is 2.34. The number of hydrogen-bond donors (Lipinski definition) is 1. The molecule has 1 aliphatic rings. The van der Waals surface area contributed by atoms with Gasteiger partial charge < -0.3 is 10.1 Å². The van der Waals surface area contributed by atoms with Crippen molar-refractivity contribution in [3.8, 4) is 0 Å². The van der Waals surface area contributed by atoms with Gasteiger partial charge in [0.15, 0.2) is 0 Å². The molecule has 0 bridgehead atoms. The summed E-state index contributed by atoms with van der Waals surface area (Å²) in [6.45, 7) is 13.8. The van der Waals surface area contributed by atoms with Crippen molar-refractivity contribution < 1.29 is 4.74 Å². The van der Waals surface area contributed by atoms with E-state index in [-0.39, 0.29) is 0 Å². The van der Waals surface area contributed by atoms with Crippen LogP contribution < -0.4 is 5.32 Å². The minimum absolute atomic E-state index is 0.421. The molecule has 0 aliphatic carbocycles. The number of nitrogens with zero attached hydrogens (tertiary/aromatic N) is 1. The van der Waals surface area contributed by atoms with E-state index in [9.17, 15) is 0 Å². The molecule has 18 heavy (non-hydrogen) atoms. The Morgan fingerprint density at radius 3 is 2.67 bits per heavy atom. The van der Waals surface area contributed by atoms with Gasteiger partial charge in [-0.1, -0.05) is 20.8 Å². The maximum absolute atomic E-state index is 5.58. The van der Waals surface area contributed by atoms with Crippen LogP contribution in [0.1, 0.15) is 40.5 Å². The number of ether oxygens (including phenoxy) is 1. The fourth-order valence-electron chi connectivity index (χ4n) is 2.65. The number of hydrogen-bond acceptors (Lipinski definition) is 3. The summed E-state index contributed by atoms with van der Waals surface area (Å²) < 4.78 is 5.58. The Labute approximate surface area is 113 Å². The Morgan fingerprint density at radius 2 is 2.06 bits per heavy atom. The van der Waals surface area contributed by atoms with Crippen LogP contribution >= 0.6 is 0 Å². The van der Waals surface area contributed by atoms with Crippen LogP contribution in [-0.2, 0) is 4.74 Å². The molecule has 0 aromatic heterocycles. The van der Waals surface area contributed by atoms with Crippen molar-refractivity contribution in [2.24, 2.45) is 11.8 Å². The monoisotopic (exact) mass is 256 g/mol. The first-order valence-corrected chi connectivity index (χ1v) is 7.52. The van der Waals surface area contributed by atoms with Crippen molar-refractivity contribution in [2.75, 3.05) is 33.3 Å². The fourth-order valence-corrected chi connectivity index (χ4v) is 2.65. The largest absolute Gasteiger partial charge is 0.380 e. The van der Waals surface area contributed by atoms with E-state index in [2.05, 4.69) is 37.9 Å². The van der Waals surface area contributed by atoms with E-state index in [1.54, 1.807) is 0 Å². The molecule has 0 aromatic rings. The highest BCUT2D eigenvalue weighted by Gasteiger charge is 2.28. The highest BCUT2D eigenvalue weighted by atomic mass is 16.5. The van der Waals surface area contributed by atoms with Crippen molar-refractivity contribution in [1.82, 2.24) is 10.2 Å². The summed E-state index contributed by atoms with van der Waals surface area (Å²) >= 11 is 0. The second-order valence-corrected chi connectivity index (χ2v) is 6.27. The molecule has 0 radical (unpaired) electrons. The van der Waals surface area contributed by atoms with Gasteiger partial charge in [-0.15, -0.1) is 0 Å². The van der Waals surface area contributed by atoms with E-state index in [4.69, 9.17) is 4.74 Å².